The van der Waals surface area contributed by atoms with Gasteiger partial charge < -0.3 is 21.1 Å². The van der Waals surface area contributed by atoms with Crippen molar-refractivity contribution in [2.24, 2.45) is 11.1 Å². The van der Waals surface area contributed by atoms with Crippen molar-refractivity contribution in [1.82, 2.24) is 19.7 Å². The van der Waals surface area contributed by atoms with E-state index in [4.69, 9.17) is 16.2 Å². The Kier molecular flexibility index (Phi) is 5.31. The molecule has 0 bridgehead atoms. The first kappa shape index (κ1) is 21.7. The number of hydrogen-bond acceptors (Lipinski definition) is 6. The van der Waals surface area contributed by atoms with Gasteiger partial charge in [0.15, 0.2) is 0 Å². The number of primary amides is 1. The molecule has 4 N–H and O–H groups in total. The van der Waals surface area contributed by atoms with Crippen LogP contribution >= 0.6 is 0 Å². The summed E-state index contributed by atoms with van der Waals surface area (Å²) in [5.41, 5.74) is 13.3. The maximum absolute atomic E-state index is 12.3. The monoisotopic (exact) mass is 458 g/mol. The van der Waals surface area contributed by atoms with Crippen molar-refractivity contribution in [3.63, 3.8) is 0 Å². The zero-order valence-corrected chi connectivity index (χ0v) is 18.7. The standard InChI is InChI=1S/C25H26N6O3/c1-2-20(32)30-11-10-25(15-30)12-17(13-25)31-23(26)21(24(27)33)22(29-31)16-8-9-19(28-14-16)34-18-6-4-3-5-7-18/h2-9,14,17H,1,10-13,15,26H2,(H2,27,33). The number of hydrogen-bond donors (Lipinski definition) is 2. The first-order valence-electron chi connectivity index (χ1n) is 11.2. The van der Waals surface area contributed by atoms with Gasteiger partial charge in [0.25, 0.3) is 5.91 Å². The highest BCUT2D eigenvalue weighted by Crippen LogP contribution is 2.54. The lowest BCUT2D eigenvalue weighted by atomic mass is 9.65. The van der Waals surface area contributed by atoms with Gasteiger partial charge in [0.1, 0.15) is 22.8 Å². The van der Waals surface area contributed by atoms with Gasteiger partial charge in [-0.15, -0.1) is 0 Å². The molecule has 2 fully saturated rings. The summed E-state index contributed by atoms with van der Waals surface area (Å²) in [5.74, 6) is 0.673. The number of aromatic nitrogens is 3. The van der Waals surface area contributed by atoms with Crippen molar-refractivity contribution >= 4 is 17.6 Å². The second-order valence-electron chi connectivity index (χ2n) is 8.99. The first-order chi connectivity index (χ1) is 16.4. The molecule has 3 aromatic rings. The lowest BCUT2D eigenvalue weighted by Crippen LogP contribution is -2.42. The smallest absolute Gasteiger partial charge is 0.254 e. The fourth-order valence-corrected chi connectivity index (χ4v) is 5.06. The zero-order chi connectivity index (χ0) is 23.9. The Bertz CT molecular complexity index is 1250. The van der Waals surface area contributed by atoms with Crippen molar-refractivity contribution in [2.75, 3.05) is 18.8 Å². The zero-order valence-electron chi connectivity index (χ0n) is 18.7. The minimum absolute atomic E-state index is 0.0376. The normalized spacial score (nSPS) is 21.3. The van der Waals surface area contributed by atoms with E-state index < -0.39 is 5.91 Å². The second-order valence-corrected chi connectivity index (χ2v) is 8.99. The third kappa shape index (κ3) is 3.79. The van der Waals surface area contributed by atoms with Crippen LogP contribution in [0.5, 0.6) is 11.6 Å². The number of para-hydroxylation sites is 1. The Balaban J connectivity index is 1.36. The van der Waals surface area contributed by atoms with Crippen molar-refractivity contribution < 1.29 is 14.3 Å². The van der Waals surface area contributed by atoms with Crippen LogP contribution in [0.1, 0.15) is 35.7 Å². The van der Waals surface area contributed by atoms with E-state index in [1.165, 1.54) is 6.08 Å². The summed E-state index contributed by atoms with van der Waals surface area (Å²) in [4.78, 5) is 30.4. The SMILES string of the molecule is C=CC(=O)N1CCC2(CC(n3nc(-c4ccc(Oc5ccccc5)nc4)c(C(N)=O)c3N)C2)C1. The molecule has 2 amide bonds. The Hall–Kier alpha value is -4.14. The van der Waals surface area contributed by atoms with Gasteiger partial charge in [-0.25, -0.2) is 9.67 Å². The van der Waals surface area contributed by atoms with Crippen LogP contribution in [0.3, 0.4) is 0 Å². The summed E-state index contributed by atoms with van der Waals surface area (Å²) in [5, 5.41) is 4.68. The summed E-state index contributed by atoms with van der Waals surface area (Å²) in [6, 6.07) is 12.9. The fraction of sp³-hybridized carbons (Fsp3) is 0.280. The van der Waals surface area contributed by atoms with Gasteiger partial charge in [-0.2, -0.15) is 5.10 Å². The first-order valence-corrected chi connectivity index (χ1v) is 11.2. The number of pyridine rings is 1. The van der Waals surface area contributed by atoms with Crippen molar-refractivity contribution in [1.29, 1.82) is 0 Å². The van der Waals surface area contributed by atoms with E-state index in [-0.39, 0.29) is 28.7 Å². The van der Waals surface area contributed by atoms with Gasteiger partial charge in [0.05, 0.1) is 6.04 Å². The van der Waals surface area contributed by atoms with Crippen LogP contribution in [0.15, 0.2) is 61.3 Å². The van der Waals surface area contributed by atoms with Crippen molar-refractivity contribution in [3.8, 4) is 22.9 Å². The van der Waals surface area contributed by atoms with Crippen molar-refractivity contribution in [2.45, 2.75) is 25.3 Å². The van der Waals surface area contributed by atoms with E-state index in [1.807, 2.05) is 35.2 Å². The van der Waals surface area contributed by atoms with Crippen LogP contribution in [0.2, 0.25) is 0 Å². The summed E-state index contributed by atoms with van der Waals surface area (Å²) in [6.07, 6.45) is 5.55. The molecule has 9 heteroatoms. The molecular weight excluding hydrogens is 432 g/mol. The lowest BCUT2D eigenvalue weighted by Gasteiger charge is -2.45. The summed E-state index contributed by atoms with van der Waals surface area (Å²) in [6.45, 7) is 5.01. The Morgan fingerprint density at radius 3 is 2.59 bits per heavy atom. The minimum atomic E-state index is -0.638. The van der Waals surface area contributed by atoms with E-state index in [2.05, 4.69) is 16.7 Å². The quantitative estimate of drug-likeness (QED) is 0.546. The third-order valence-electron chi connectivity index (χ3n) is 6.78. The Morgan fingerprint density at radius 2 is 1.94 bits per heavy atom. The topological polar surface area (TPSA) is 129 Å². The molecule has 3 heterocycles. The van der Waals surface area contributed by atoms with E-state index in [9.17, 15) is 9.59 Å². The molecule has 1 saturated carbocycles. The number of amides is 2. The van der Waals surface area contributed by atoms with Crippen LogP contribution in [0.4, 0.5) is 5.82 Å². The minimum Gasteiger partial charge on any atom is -0.439 e. The molecule has 2 aromatic heterocycles. The van der Waals surface area contributed by atoms with E-state index in [0.717, 1.165) is 25.8 Å². The number of nitrogen functional groups attached to an aromatic ring is 1. The molecule has 5 rings (SSSR count). The predicted molar refractivity (Wildman–Crippen MR) is 127 cm³/mol. The molecular formula is C25H26N6O3. The Morgan fingerprint density at radius 1 is 1.18 bits per heavy atom. The molecule has 34 heavy (non-hydrogen) atoms. The average Bonchev–Trinajstić information content (AvgIpc) is 3.41. The van der Waals surface area contributed by atoms with Gasteiger partial charge in [-0.3, -0.25) is 9.59 Å². The molecule has 1 spiro atoms. The number of carbonyl (C=O) groups excluding carboxylic acids is 2. The molecule has 0 atom stereocenters. The maximum Gasteiger partial charge on any atom is 0.254 e. The number of rotatable bonds is 6. The lowest BCUT2D eigenvalue weighted by molar-refractivity contribution is -0.125. The van der Waals surface area contributed by atoms with Crippen LogP contribution in [0, 0.1) is 5.41 Å². The average molecular weight is 459 g/mol. The number of ether oxygens (including phenoxy) is 1. The van der Waals surface area contributed by atoms with E-state index in [1.54, 1.807) is 23.0 Å². The highest BCUT2D eigenvalue weighted by molar-refractivity contribution is 6.03. The van der Waals surface area contributed by atoms with Gasteiger partial charge in [0, 0.05) is 30.9 Å². The number of nitrogens with two attached hydrogens (primary N) is 2. The maximum atomic E-state index is 12.3. The van der Waals surface area contributed by atoms with Crippen LogP contribution in [-0.2, 0) is 4.79 Å². The van der Waals surface area contributed by atoms with Gasteiger partial charge >= 0.3 is 0 Å². The fourth-order valence-electron chi connectivity index (χ4n) is 5.06. The number of benzene rings is 1. The van der Waals surface area contributed by atoms with E-state index >= 15 is 0 Å². The van der Waals surface area contributed by atoms with Gasteiger partial charge in [0.2, 0.25) is 11.8 Å². The Labute approximate surface area is 197 Å². The largest absolute Gasteiger partial charge is 0.439 e. The summed E-state index contributed by atoms with van der Waals surface area (Å²) < 4.78 is 7.44. The third-order valence-corrected chi connectivity index (χ3v) is 6.78. The highest BCUT2D eigenvalue weighted by Gasteiger charge is 2.50. The number of anilines is 1. The predicted octanol–water partition coefficient (Wildman–Crippen LogP) is 3.16. The highest BCUT2D eigenvalue weighted by atomic mass is 16.5. The molecule has 0 unspecified atom stereocenters. The van der Waals surface area contributed by atoms with Crippen LogP contribution in [0.25, 0.3) is 11.3 Å². The molecule has 1 aromatic carbocycles. The van der Waals surface area contributed by atoms with Crippen LogP contribution < -0.4 is 16.2 Å². The summed E-state index contributed by atoms with van der Waals surface area (Å²) >= 11 is 0. The number of carbonyl (C=O) groups is 2. The van der Waals surface area contributed by atoms with E-state index in [0.29, 0.717) is 29.4 Å². The molecule has 9 nitrogen and oxygen atoms in total. The number of likely N-dealkylation sites (tertiary alicyclic amines) is 1. The van der Waals surface area contributed by atoms with Gasteiger partial charge in [-0.05, 0) is 49.0 Å². The molecule has 174 valence electrons. The number of nitrogens with zero attached hydrogens (tertiary/aromatic N) is 4. The molecule has 1 saturated heterocycles. The van der Waals surface area contributed by atoms with Crippen molar-refractivity contribution in [3.05, 3.63) is 66.9 Å². The second kappa shape index (κ2) is 8.33. The van der Waals surface area contributed by atoms with Gasteiger partial charge in [-0.1, -0.05) is 24.8 Å². The molecule has 2 aliphatic rings. The van der Waals surface area contributed by atoms with Crippen LogP contribution in [-0.4, -0.2) is 44.6 Å². The molecule has 1 aliphatic heterocycles. The summed E-state index contributed by atoms with van der Waals surface area (Å²) in [7, 11) is 0. The molecule has 1 aliphatic carbocycles. The molecule has 0 radical (unpaired) electrons.